The van der Waals surface area contributed by atoms with Gasteiger partial charge in [-0.1, -0.05) is 28.2 Å². The zero-order valence-electron chi connectivity index (χ0n) is 12.1. The summed E-state index contributed by atoms with van der Waals surface area (Å²) in [4.78, 5) is 17.0. The van der Waals surface area contributed by atoms with Crippen LogP contribution >= 0.6 is 23.1 Å². The molecule has 6 nitrogen and oxygen atoms in total. The van der Waals surface area contributed by atoms with Crippen LogP contribution in [0.2, 0.25) is 5.02 Å². The van der Waals surface area contributed by atoms with Gasteiger partial charge in [-0.15, -0.1) is 5.10 Å². The van der Waals surface area contributed by atoms with E-state index in [1.807, 2.05) is 22.9 Å². The monoisotopic (exact) mass is 347 g/mol. The number of nitrogens with one attached hydrogen (secondary N) is 1. The van der Waals surface area contributed by atoms with Crippen molar-refractivity contribution in [3.8, 4) is 10.4 Å². The molecule has 0 bridgehead atoms. The first-order valence-electron chi connectivity index (χ1n) is 7.06. The number of amides is 1. The fourth-order valence-electron chi connectivity index (χ4n) is 2.10. The summed E-state index contributed by atoms with van der Waals surface area (Å²) < 4.78 is 5.86. The largest absolute Gasteiger partial charge is 0.351 e. The Kier molecular flexibility index (Phi) is 4.99. The van der Waals surface area contributed by atoms with Crippen molar-refractivity contribution >= 4 is 29.0 Å². The predicted molar refractivity (Wildman–Crippen MR) is 89.5 cm³/mol. The summed E-state index contributed by atoms with van der Waals surface area (Å²) in [5, 5.41) is 7.48. The fraction of sp³-hybridized carbons (Fsp3) is 0.200. The van der Waals surface area contributed by atoms with Gasteiger partial charge in [0.2, 0.25) is 0 Å². The number of imidazole rings is 1. The Balaban J connectivity index is 1.59. The Bertz CT molecular complexity index is 770. The summed E-state index contributed by atoms with van der Waals surface area (Å²) in [5.41, 5.74) is 1.23. The van der Waals surface area contributed by atoms with Crippen LogP contribution in [0.1, 0.15) is 16.9 Å². The molecule has 118 valence electrons. The molecule has 0 fully saturated rings. The number of carbonyl (C=O) groups excluding carboxylic acids is 1. The second-order valence-electron chi connectivity index (χ2n) is 4.87. The number of hydrogen-bond donors (Lipinski definition) is 1. The normalized spacial score (nSPS) is 10.7. The van der Waals surface area contributed by atoms with E-state index in [0.29, 0.717) is 17.3 Å². The number of nitrogens with zero attached hydrogens (tertiary/aromatic N) is 4. The van der Waals surface area contributed by atoms with Crippen molar-refractivity contribution in [2.75, 3.05) is 6.54 Å². The molecule has 3 rings (SSSR count). The lowest BCUT2D eigenvalue weighted by molar-refractivity contribution is 0.0948. The van der Waals surface area contributed by atoms with Crippen molar-refractivity contribution in [3.05, 3.63) is 53.7 Å². The molecule has 8 heteroatoms. The molecule has 1 N–H and O–H groups in total. The van der Waals surface area contributed by atoms with E-state index in [9.17, 15) is 4.79 Å². The lowest BCUT2D eigenvalue weighted by Gasteiger charge is -2.05. The van der Waals surface area contributed by atoms with Gasteiger partial charge in [0.15, 0.2) is 5.69 Å². The van der Waals surface area contributed by atoms with Crippen LogP contribution in [0.15, 0.2) is 43.0 Å². The van der Waals surface area contributed by atoms with Crippen molar-refractivity contribution in [1.29, 1.82) is 0 Å². The number of benzene rings is 1. The SMILES string of the molecule is O=C(NCCCn1ccnc1)c1nnsc1-c1ccc(Cl)cc1. The van der Waals surface area contributed by atoms with E-state index in [1.54, 1.807) is 24.7 Å². The third kappa shape index (κ3) is 3.94. The minimum Gasteiger partial charge on any atom is -0.351 e. The molecular formula is C15H14ClN5OS. The number of carbonyl (C=O) groups is 1. The maximum Gasteiger partial charge on any atom is 0.273 e. The summed E-state index contributed by atoms with van der Waals surface area (Å²) in [6, 6.07) is 7.27. The third-order valence-electron chi connectivity index (χ3n) is 3.25. The van der Waals surface area contributed by atoms with Crippen LogP contribution in [0.4, 0.5) is 0 Å². The van der Waals surface area contributed by atoms with Crippen LogP contribution in [0, 0.1) is 0 Å². The van der Waals surface area contributed by atoms with Crippen LogP contribution in [-0.2, 0) is 6.54 Å². The zero-order chi connectivity index (χ0) is 16.1. The molecule has 23 heavy (non-hydrogen) atoms. The Labute approximate surface area is 142 Å². The lowest BCUT2D eigenvalue weighted by atomic mass is 10.1. The van der Waals surface area contributed by atoms with Crippen molar-refractivity contribution < 1.29 is 4.79 Å². The second-order valence-corrected chi connectivity index (χ2v) is 6.06. The van der Waals surface area contributed by atoms with Gasteiger partial charge < -0.3 is 9.88 Å². The molecule has 0 unspecified atom stereocenters. The first-order valence-corrected chi connectivity index (χ1v) is 8.21. The van der Waals surface area contributed by atoms with Gasteiger partial charge in [0.25, 0.3) is 5.91 Å². The van der Waals surface area contributed by atoms with E-state index in [2.05, 4.69) is 19.9 Å². The number of rotatable bonds is 6. The van der Waals surface area contributed by atoms with Gasteiger partial charge in [0, 0.05) is 30.5 Å². The molecule has 0 saturated carbocycles. The second kappa shape index (κ2) is 7.34. The summed E-state index contributed by atoms with van der Waals surface area (Å²) in [6.07, 6.45) is 6.20. The standard InChI is InChI=1S/C15H14ClN5OS/c16-12-4-2-11(3-5-12)14-13(19-20-23-14)15(22)18-6-1-8-21-9-7-17-10-21/h2-5,7,9-10H,1,6,8H2,(H,18,22). The van der Waals surface area contributed by atoms with E-state index < -0.39 is 0 Å². The van der Waals surface area contributed by atoms with Gasteiger partial charge in [-0.25, -0.2) is 4.98 Å². The van der Waals surface area contributed by atoms with Crippen LogP contribution in [0.5, 0.6) is 0 Å². The average molecular weight is 348 g/mol. The molecule has 0 aliphatic heterocycles. The highest BCUT2D eigenvalue weighted by atomic mass is 35.5. The average Bonchev–Trinajstić information content (AvgIpc) is 3.23. The third-order valence-corrected chi connectivity index (χ3v) is 4.27. The molecule has 0 saturated heterocycles. The molecule has 1 aromatic carbocycles. The number of hydrogen-bond acceptors (Lipinski definition) is 5. The van der Waals surface area contributed by atoms with E-state index in [4.69, 9.17) is 11.6 Å². The molecule has 0 radical (unpaired) electrons. The number of aryl methyl sites for hydroxylation is 1. The van der Waals surface area contributed by atoms with Crippen molar-refractivity contribution in [3.63, 3.8) is 0 Å². The minimum absolute atomic E-state index is 0.214. The zero-order valence-corrected chi connectivity index (χ0v) is 13.7. The Morgan fingerprint density at radius 3 is 2.87 bits per heavy atom. The minimum atomic E-state index is -0.214. The maximum absolute atomic E-state index is 12.3. The van der Waals surface area contributed by atoms with Crippen molar-refractivity contribution in [1.82, 2.24) is 24.5 Å². The first-order chi connectivity index (χ1) is 11.2. The topological polar surface area (TPSA) is 72.7 Å². The van der Waals surface area contributed by atoms with Crippen LogP contribution in [-0.4, -0.2) is 31.6 Å². The molecular weight excluding hydrogens is 334 g/mol. The van der Waals surface area contributed by atoms with Crippen LogP contribution < -0.4 is 5.32 Å². The van der Waals surface area contributed by atoms with Crippen molar-refractivity contribution in [2.24, 2.45) is 0 Å². The quantitative estimate of drug-likeness (QED) is 0.696. The van der Waals surface area contributed by atoms with Crippen LogP contribution in [0.3, 0.4) is 0 Å². The Hall–Kier alpha value is -2.25. The smallest absolute Gasteiger partial charge is 0.273 e. The summed E-state index contributed by atoms with van der Waals surface area (Å²) in [6.45, 7) is 1.37. The molecule has 0 aliphatic rings. The van der Waals surface area contributed by atoms with E-state index in [0.717, 1.165) is 23.4 Å². The van der Waals surface area contributed by atoms with E-state index in [-0.39, 0.29) is 5.91 Å². The number of halogens is 1. The maximum atomic E-state index is 12.3. The van der Waals surface area contributed by atoms with E-state index in [1.165, 1.54) is 11.5 Å². The van der Waals surface area contributed by atoms with Gasteiger partial charge >= 0.3 is 0 Å². The van der Waals surface area contributed by atoms with E-state index >= 15 is 0 Å². The van der Waals surface area contributed by atoms with Gasteiger partial charge in [-0.3, -0.25) is 4.79 Å². The molecule has 2 aromatic heterocycles. The predicted octanol–water partition coefficient (Wildman–Crippen LogP) is 2.88. The molecule has 0 aliphatic carbocycles. The van der Waals surface area contributed by atoms with Crippen molar-refractivity contribution in [2.45, 2.75) is 13.0 Å². The molecule has 3 aromatic rings. The summed E-state index contributed by atoms with van der Waals surface area (Å²) in [7, 11) is 0. The lowest BCUT2D eigenvalue weighted by Crippen LogP contribution is -2.26. The highest BCUT2D eigenvalue weighted by Gasteiger charge is 2.17. The summed E-state index contributed by atoms with van der Waals surface area (Å²) >= 11 is 7.09. The Morgan fingerprint density at radius 2 is 2.13 bits per heavy atom. The molecule has 1 amide bonds. The Morgan fingerprint density at radius 1 is 1.30 bits per heavy atom. The first kappa shape index (κ1) is 15.6. The van der Waals surface area contributed by atoms with Gasteiger partial charge in [0.1, 0.15) is 0 Å². The fourth-order valence-corrected chi connectivity index (χ4v) is 2.89. The van der Waals surface area contributed by atoms with Gasteiger partial charge in [-0.05, 0) is 35.6 Å². The number of aromatic nitrogens is 4. The summed E-state index contributed by atoms with van der Waals surface area (Å²) in [5.74, 6) is -0.214. The highest BCUT2D eigenvalue weighted by Crippen LogP contribution is 2.27. The van der Waals surface area contributed by atoms with Gasteiger partial charge in [-0.2, -0.15) is 0 Å². The molecule has 0 spiro atoms. The molecule has 2 heterocycles. The van der Waals surface area contributed by atoms with Gasteiger partial charge in [0.05, 0.1) is 11.2 Å². The highest BCUT2D eigenvalue weighted by molar-refractivity contribution is 7.09. The van der Waals surface area contributed by atoms with Crippen LogP contribution in [0.25, 0.3) is 10.4 Å². The molecule has 0 atom stereocenters.